The van der Waals surface area contributed by atoms with Crippen LogP contribution in [0.3, 0.4) is 0 Å². The van der Waals surface area contributed by atoms with Gasteiger partial charge < -0.3 is 21.3 Å². The van der Waals surface area contributed by atoms with E-state index in [1.165, 1.54) is 12.1 Å². The van der Waals surface area contributed by atoms with E-state index in [2.05, 4.69) is 23.1 Å². The summed E-state index contributed by atoms with van der Waals surface area (Å²) in [5, 5.41) is 9.51. The molecule has 5 N–H and O–H groups in total. The maximum atomic E-state index is 12.9. The molecule has 1 amide bonds. The molecule has 1 fully saturated rings. The number of benzene rings is 2. The van der Waals surface area contributed by atoms with E-state index in [1.807, 2.05) is 13.8 Å². The van der Waals surface area contributed by atoms with E-state index in [4.69, 9.17) is 10.5 Å². The number of rotatable bonds is 5. The van der Waals surface area contributed by atoms with Crippen LogP contribution in [-0.2, 0) is 10.4 Å². The number of nitrogens with two attached hydrogens (primary N) is 2. The third kappa shape index (κ3) is 8.63. The zero-order valence-corrected chi connectivity index (χ0v) is 19.5. The summed E-state index contributed by atoms with van der Waals surface area (Å²) in [5.74, 6) is 0.445. The first-order valence-electron chi connectivity index (χ1n) is 10.1. The van der Waals surface area contributed by atoms with Gasteiger partial charge in [-0.25, -0.2) is 4.39 Å². The molecule has 0 saturated heterocycles. The molecule has 178 valence electrons. The van der Waals surface area contributed by atoms with E-state index < -0.39 is 18.0 Å². The van der Waals surface area contributed by atoms with Gasteiger partial charge in [0.05, 0.1) is 5.60 Å². The highest BCUT2D eigenvalue weighted by Crippen LogP contribution is 2.46. The number of thiol groups is 1. The molecule has 0 atom stereocenters. The molecule has 32 heavy (non-hydrogen) atoms. The molecular weight excluding hydrogens is 441 g/mol. The molecule has 0 aromatic heterocycles. The number of carbonyl (C=O) groups is 1. The van der Waals surface area contributed by atoms with Crippen LogP contribution in [0.25, 0.3) is 0 Å². The first-order chi connectivity index (χ1) is 14.8. The van der Waals surface area contributed by atoms with Gasteiger partial charge in [-0.1, -0.05) is 19.9 Å². The predicted octanol–water partition coefficient (Wildman–Crippen LogP) is 5.31. The molecule has 5 nitrogen and oxygen atoms in total. The van der Waals surface area contributed by atoms with Crippen molar-refractivity contribution in [1.29, 1.82) is 0 Å². The van der Waals surface area contributed by atoms with Crippen LogP contribution in [0.2, 0.25) is 0 Å². The first-order valence-corrected chi connectivity index (χ1v) is 10.5. The Labute approximate surface area is 192 Å². The Bertz CT molecular complexity index is 876. The highest BCUT2D eigenvalue weighted by atomic mass is 32.1. The molecule has 2 aromatic carbocycles. The topological polar surface area (TPSA) is 98.6 Å². The molecule has 0 bridgehead atoms. The summed E-state index contributed by atoms with van der Waals surface area (Å²) >= 11 is 3.88. The lowest BCUT2D eigenvalue weighted by Crippen LogP contribution is -2.15. The number of carbonyl (C=O) groups excluding carboxylic acids is 1. The number of nitrogen functional groups attached to an aromatic ring is 1. The fourth-order valence-corrected chi connectivity index (χ4v) is 3.08. The molecule has 2 aromatic rings. The van der Waals surface area contributed by atoms with Gasteiger partial charge in [0.2, 0.25) is 6.41 Å². The largest absolute Gasteiger partial charge is 0.435 e. The molecule has 3 rings (SSSR count). The normalized spacial score (nSPS) is 13.1. The Kier molecular flexibility index (Phi) is 10.4. The van der Waals surface area contributed by atoms with Crippen molar-refractivity contribution >= 4 is 24.7 Å². The number of aliphatic hydroxyl groups is 1. The van der Waals surface area contributed by atoms with Crippen LogP contribution in [0.4, 0.5) is 18.9 Å². The molecule has 1 aliphatic carbocycles. The number of primary amides is 1. The van der Waals surface area contributed by atoms with Gasteiger partial charge in [-0.3, -0.25) is 4.79 Å². The molecule has 0 radical (unpaired) electrons. The SMILES string of the molecule is CC(C)(O)c1ccc(S)c(F)c1.CC(C)c1cc(OC(F)F)cc(C2CC2)c1N.NC=O. The van der Waals surface area contributed by atoms with Gasteiger partial charge >= 0.3 is 6.61 Å². The Hall–Kier alpha value is -2.39. The van der Waals surface area contributed by atoms with E-state index >= 15 is 0 Å². The van der Waals surface area contributed by atoms with Crippen LogP contribution >= 0.6 is 12.6 Å². The third-order valence-corrected chi connectivity index (χ3v) is 5.10. The van der Waals surface area contributed by atoms with Crippen molar-refractivity contribution < 1.29 is 27.8 Å². The van der Waals surface area contributed by atoms with Crippen molar-refractivity contribution in [3.8, 4) is 5.75 Å². The van der Waals surface area contributed by atoms with Crippen molar-refractivity contribution in [3.05, 3.63) is 52.8 Å². The number of ether oxygens (including phenoxy) is 1. The van der Waals surface area contributed by atoms with E-state index in [9.17, 15) is 18.3 Å². The second-order valence-corrected chi connectivity index (χ2v) is 8.67. The minimum absolute atomic E-state index is 0.203. The van der Waals surface area contributed by atoms with Crippen molar-refractivity contribution in [2.75, 3.05) is 5.73 Å². The highest BCUT2D eigenvalue weighted by molar-refractivity contribution is 7.80. The lowest BCUT2D eigenvalue weighted by molar-refractivity contribution is -0.106. The van der Waals surface area contributed by atoms with Crippen LogP contribution < -0.4 is 16.2 Å². The van der Waals surface area contributed by atoms with Gasteiger partial charge in [0, 0.05) is 10.6 Å². The molecule has 0 unspecified atom stereocenters. The quantitative estimate of drug-likeness (QED) is 0.269. The van der Waals surface area contributed by atoms with Crippen LogP contribution in [-0.4, -0.2) is 18.1 Å². The maximum Gasteiger partial charge on any atom is 0.387 e. The number of halogens is 3. The highest BCUT2D eigenvalue weighted by Gasteiger charge is 2.28. The Balaban J connectivity index is 0.000000299. The van der Waals surface area contributed by atoms with Crippen LogP contribution in [0, 0.1) is 5.82 Å². The number of amides is 1. The fourth-order valence-electron chi connectivity index (χ4n) is 2.94. The summed E-state index contributed by atoms with van der Waals surface area (Å²) in [6, 6.07) is 7.77. The number of alkyl halides is 2. The van der Waals surface area contributed by atoms with Crippen molar-refractivity contribution in [3.63, 3.8) is 0 Å². The van der Waals surface area contributed by atoms with E-state index in [1.54, 1.807) is 32.0 Å². The monoisotopic (exact) mass is 472 g/mol. The summed E-state index contributed by atoms with van der Waals surface area (Å²) in [4.78, 5) is 8.88. The smallest absolute Gasteiger partial charge is 0.387 e. The van der Waals surface area contributed by atoms with Crippen LogP contribution in [0.15, 0.2) is 35.2 Å². The fraction of sp³-hybridized carbons (Fsp3) is 0.435. The van der Waals surface area contributed by atoms with Gasteiger partial charge in [0.1, 0.15) is 11.6 Å². The summed E-state index contributed by atoms with van der Waals surface area (Å²) < 4.78 is 41.9. The standard InChI is InChI=1S/C13H17F2NO.C9H11FOS.CH3NO/c1-7(2)10-5-9(17-13(14)15)6-11(12(10)16)8-3-4-8;1-9(2,11)6-3-4-8(12)7(10)5-6;2-1-3/h5-8,13H,3-4,16H2,1-2H3;3-5,11-12H,1-2H3;1H,(H2,2,3). The molecule has 0 spiro atoms. The summed E-state index contributed by atoms with van der Waals surface area (Å²) in [6.45, 7) is 4.42. The summed E-state index contributed by atoms with van der Waals surface area (Å²) in [7, 11) is 0. The number of anilines is 1. The van der Waals surface area contributed by atoms with Gasteiger partial charge in [-0.05, 0) is 79.5 Å². The van der Waals surface area contributed by atoms with E-state index in [-0.39, 0.29) is 18.1 Å². The molecular formula is C23H31F3N2O3S. The average Bonchev–Trinajstić information content (AvgIpc) is 3.50. The van der Waals surface area contributed by atoms with E-state index in [0.29, 0.717) is 16.4 Å². The van der Waals surface area contributed by atoms with Gasteiger partial charge in [-0.15, -0.1) is 12.6 Å². The third-order valence-electron chi connectivity index (χ3n) is 4.74. The second kappa shape index (κ2) is 12.0. The first kappa shape index (κ1) is 27.6. The predicted molar refractivity (Wildman–Crippen MR) is 123 cm³/mol. The summed E-state index contributed by atoms with van der Waals surface area (Å²) in [5.41, 5.74) is 12.4. The van der Waals surface area contributed by atoms with Gasteiger partial charge in [-0.2, -0.15) is 8.78 Å². The molecule has 9 heteroatoms. The average molecular weight is 473 g/mol. The molecule has 1 saturated carbocycles. The summed E-state index contributed by atoms with van der Waals surface area (Å²) in [6.07, 6.45) is 2.42. The Morgan fingerprint density at radius 2 is 1.78 bits per heavy atom. The Morgan fingerprint density at radius 1 is 1.22 bits per heavy atom. The minimum atomic E-state index is -2.79. The Morgan fingerprint density at radius 3 is 2.19 bits per heavy atom. The molecule has 1 aliphatic rings. The minimum Gasteiger partial charge on any atom is -0.435 e. The van der Waals surface area contributed by atoms with Crippen molar-refractivity contribution in [2.24, 2.45) is 5.73 Å². The second-order valence-electron chi connectivity index (χ2n) is 8.18. The van der Waals surface area contributed by atoms with Crippen molar-refractivity contribution in [1.82, 2.24) is 0 Å². The molecule has 0 heterocycles. The zero-order chi connectivity index (χ0) is 24.6. The van der Waals surface area contributed by atoms with Gasteiger partial charge in [0.15, 0.2) is 0 Å². The maximum absolute atomic E-state index is 12.9. The zero-order valence-electron chi connectivity index (χ0n) is 18.6. The molecule has 0 aliphatic heterocycles. The number of hydrogen-bond donors (Lipinski definition) is 4. The lowest BCUT2D eigenvalue weighted by atomic mass is 9.95. The van der Waals surface area contributed by atoms with E-state index in [0.717, 1.165) is 29.7 Å². The lowest BCUT2D eigenvalue weighted by Gasteiger charge is -2.17. The van der Waals surface area contributed by atoms with Crippen molar-refractivity contribution in [2.45, 2.75) is 69.5 Å². The number of hydrogen-bond acceptors (Lipinski definition) is 5. The van der Waals surface area contributed by atoms with Crippen LogP contribution in [0.1, 0.15) is 69.1 Å². The van der Waals surface area contributed by atoms with Gasteiger partial charge in [0.25, 0.3) is 0 Å². The van der Waals surface area contributed by atoms with Crippen LogP contribution in [0.5, 0.6) is 5.75 Å².